The van der Waals surface area contributed by atoms with Crippen LogP contribution in [0.15, 0.2) is 45.5 Å². The molecule has 1 heterocycles. The van der Waals surface area contributed by atoms with Crippen molar-refractivity contribution in [2.75, 3.05) is 5.32 Å². The maximum Gasteiger partial charge on any atom is 0.144 e. The summed E-state index contributed by atoms with van der Waals surface area (Å²) >= 11 is 12.6. The Morgan fingerprint density at radius 1 is 1.19 bits per heavy atom. The summed E-state index contributed by atoms with van der Waals surface area (Å²) in [6.45, 7) is 0. The van der Waals surface area contributed by atoms with Crippen molar-refractivity contribution in [3.05, 3.63) is 50.5 Å². The Morgan fingerprint density at radius 2 is 2.00 bits per heavy atom. The molecule has 0 aliphatic carbocycles. The molecule has 0 saturated heterocycles. The van der Waals surface area contributed by atoms with E-state index in [0.29, 0.717) is 5.02 Å². The Bertz CT molecular complexity index is 517. The van der Waals surface area contributed by atoms with Gasteiger partial charge >= 0.3 is 0 Å². The summed E-state index contributed by atoms with van der Waals surface area (Å²) in [7, 11) is 0. The minimum absolute atomic E-state index is 0.603. The van der Waals surface area contributed by atoms with E-state index in [-0.39, 0.29) is 0 Å². The molecule has 0 fully saturated rings. The first-order chi connectivity index (χ1) is 7.65. The lowest BCUT2D eigenvalue weighted by Crippen LogP contribution is -1.94. The number of hydrogen-bond acceptors (Lipinski definition) is 2. The molecule has 2 rings (SSSR count). The molecular weight excluding hydrogens is 355 g/mol. The van der Waals surface area contributed by atoms with Gasteiger partial charge < -0.3 is 5.32 Å². The third-order valence-corrected chi connectivity index (χ3v) is 3.20. The second kappa shape index (κ2) is 5.17. The molecule has 2 aromatic rings. The van der Waals surface area contributed by atoms with Gasteiger partial charge in [-0.2, -0.15) is 0 Å². The summed E-state index contributed by atoms with van der Waals surface area (Å²) in [6, 6.07) is 9.66. The van der Waals surface area contributed by atoms with Crippen LogP contribution < -0.4 is 5.32 Å². The molecule has 0 aliphatic heterocycles. The number of pyridine rings is 1. The van der Waals surface area contributed by atoms with Crippen molar-refractivity contribution < 1.29 is 0 Å². The molecule has 0 aliphatic rings. The average Bonchev–Trinajstić information content (AvgIpc) is 2.22. The highest BCUT2D eigenvalue weighted by atomic mass is 79.9. The van der Waals surface area contributed by atoms with Crippen molar-refractivity contribution in [3.63, 3.8) is 0 Å². The molecule has 1 aromatic heterocycles. The number of aromatic nitrogens is 1. The number of benzene rings is 1. The molecule has 0 saturated carbocycles. The van der Waals surface area contributed by atoms with Crippen molar-refractivity contribution in [1.82, 2.24) is 4.98 Å². The lowest BCUT2D eigenvalue weighted by Gasteiger charge is -2.07. The number of anilines is 2. The van der Waals surface area contributed by atoms with Gasteiger partial charge in [0.15, 0.2) is 0 Å². The second-order valence-electron chi connectivity index (χ2n) is 3.12. The smallest absolute Gasteiger partial charge is 0.144 e. The van der Waals surface area contributed by atoms with E-state index >= 15 is 0 Å². The monoisotopic (exact) mass is 360 g/mol. The van der Waals surface area contributed by atoms with Gasteiger partial charge in [-0.1, -0.05) is 33.6 Å². The highest BCUT2D eigenvalue weighted by Crippen LogP contribution is 2.27. The molecule has 0 atom stereocenters. The van der Waals surface area contributed by atoms with E-state index < -0.39 is 0 Å². The number of hydrogen-bond donors (Lipinski definition) is 1. The van der Waals surface area contributed by atoms with E-state index in [1.54, 1.807) is 12.3 Å². The third-order valence-electron chi connectivity index (χ3n) is 1.90. The molecule has 0 radical (unpaired) electrons. The first-order valence-corrected chi connectivity index (χ1v) is 6.45. The highest BCUT2D eigenvalue weighted by molar-refractivity contribution is 9.10. The van der Waals surface area contributed by atoms with Gasteiger partial charge in [0.05, 0.1) is 9.50 Å². The summed E-state index contributed by atoms with van der Waals surface area (Å²) in [5, 5.41) is 3.80. The predicted octanol–water partition coefficient (Wildman–Crippen LogP) is 5.00. The fraction of sp³-hybridized carbons (Fsp3) is 0. The molecule has 2 nitrogen and oxygen atoms in total. The van der Waals surface area contributed by atoms with Gasteiger partial charge in [-0.25, -0.2) is 4.98 Å². The Hall–Kier alpha value is -0.580. The van der Waals surface area contributed by atoms with Gasteiger partial charge in [0.1, 0.15) is 5.82 Å². The zero-order valence-corrected chi connectivity index (χ0v) is 12.0. The SMILES string of the molecule is Clc1cnc(Nc2cccc(Br)c2)c(Br)c1. The van der Waals surface area contributed by atoms with Crippen LogP contribution in [-0.2, 0) is 0 Å². The van der Waals surface area contributed by atoms with Gasteiger partial charge in [0, 0.05) is 16.4 Å². The van der Waals surface area contributed by atoms with E-state index in [1.807, 2.05) is 24.3 Å². The molecule has 0 amide bonds. The number of nitrogens with one attached hydrogen (secondary N) is 1. The summed E-state index contributed by atoms with van der Waals surface area (Å²) in [5.74, 6) is 0.738. The van der Waals surface area contributed by atoms with Crippen molar-refractivity contribution in [1.29, 1.82) is 0 Å². The molecule has 1 N–H and O–H groups in total. The van der Waals surface area contributed by atoms with Crippen LogP contribution in [0.1, 0.15) is 0 Å². The summed E-state index contributed by atoms with van der Waals surface area (Å²) in [6.07, 6.45) is 1.60. The van der Waals surface area contributed by atoms with Gasteiger partial charge in [-0.05, 0) is 40.2 Å². The van der Waals surface area contributed by atoms with Crippen molar-refractivity contribution in [2.45, 2.75) is 0 Å². The van der Waals surface area contributed by atoms with Crippen LogP contribution in [0.2, 0.25) is 5.02 Å². The van der Waals surface area contributed by atoms with Gasteiger partial charge in [-0.15, -0.1) is 0 Å². The fourth-order valence-corrected chi connectivity index (χ4v) is 2.35. The van der Waals surface area contributed by atoms with Gasteiger partial charge in [-0.3, -0.25) is 0 Å². The second-order valence-corrected chi connectivity index (χ2v) is 5.33. The molecule has 0 unspecified atom stereocenters. The first-order valence-electron chi connectivity index (χ1n) is 4.49. The minimum atomic E-state index is 0.603. The van der Waals surface area contributed by atoms with Crippen molar-refractivity contribution in [3.8, 4) is 0 Å². The maximum atomic E-state index is 5.82. The standard InChI is InChI=1S/C11H7Br2ClN2/c12-7-2-1-3-9(4-7)16-11-10(13)5-8(14)6-15-11/h1-6H,(H,15,16). The minimum Gasteiger partial charge on any atom is -0.339 e. The van der Waals surface area contributed by atoms with Crippen LogP contribution in [0.5, 0.6) is 0 Å². The Kier molecular flexibility index (Phi) is 3.84. The van der Waals surface area contributed by atoms with E-state index in [2.05, 4.69) is 42.2 Å². The zero-order chi connectivity index (χ0) is 11.5. The summed E-state index contributed by atoms with van der Waals surface area (Å²) in [4.78, 5) is 4.20. The number of halogens is 3. The normalized spacial score (nSPS) is 10.2. The molecule has 0 bridgehead atoms. The predicted molar refractivity (Wildman–Crippen MR) is 74.4 cm³/mol. The highest BCUT2D eigenvalue weighted by Gasteiger charge is 2.02. The first kappa shape index (κ1) is 11.9. The van der Waals surface area contributed by atoms with Crippen LogP contribution in [0.25, 0.3) is 0 Å². The summed E-state index contributed by atoms with van der Waals surface area (Å²) in [5.41, 5.74) is 0.963. The molecule has 5 heteroatoms. The maximum absolute atomic E-state index is 5.82. The Balaban J connectivity index is 2.27. The van der Waals surface area contributed by atoms with Crippen LogP contribution in [0, 0.1) is 0 Å². The van der Waals surface area contributed by atoms with Crippen LogP contribution in [0.3, 0.4) is 0 Å². The molecule has 16 heavy (non-hydrogen) atoms. The van der Waals surface area contributed by atoms with Crippen LogP contribution in [-0.4, -0.2) is 4.98 Å². The van der Waals surface area contributed by atoms with Crippen LogP contribution in [0.4, 0.5) is 11.5 Å². The Labute approximate surface area is 115 Å². The average molecular weight is 362 g/mol. The van der Waals surface area contributed by atoms with E-state index in [4.69, 9.17) is 11.6 Å². The fourth-order valence-electron chi connectivity index (χ4n) is 1.21. The molecular formula is C11H7Br2ClN2. The lowest BCUT2D eigenvalue weighted by atomic mass is 10.3. The molecule has 82 valence electrons. The quantitative estimate of drug-likeness (QED) is 0.813. The molecule has 1 aromatic carbocycles. The van der Waals surface area contributed by atoms with Gasteiger partial charge in [0.2, 0.25) is 0 Å². The lowest BCUT2D eigenvalue weighted by molar-refractivity contribution is 1.29. The topological polar surface area (TPSA) is 24.9 Å². The van der Waals surface area contributed by atoms with Gasteiger partial charge in [0.25, 0.3) is 0 Å². The van der Waals surface area contributed by atoms with E-state index in [9.17, 15) is 0 Å². The van der Waals surface area contributed by atoms with Crippen molar-refractivity contribution >= 4 is 55.0 Å². The molecule has 0 spiro atoms. The Morgan fingerprint density at radius 3 is 2.69 bits per heavy atom. The number of nitrogens with zero attached hydrogens (tertiary/aromatic N) is 1. The van der Waals surface area contributed by atoms with E-state index in [0.717, 1.165) is 20.5 Å². The van der Waals surface area contributed by atoms with E-state index in [1.165, 1.54) is 0 Å². The third kappa shape index (κ3) is 2.97. The summed E-state index contributed by atoms with van der Waals surface area (Å²) < 4.78 is 1.85. The largest absolute Gasteiger partial charge is 0.339 e. The van der Waals surface area contributed by atoms with Crippen LogP contribution >= 0.6 is 43.5 Å². The zero-order valence-electron chi connectivity index (χ0n) is 8.05. The number of rotatable bonds is 2. The van der Waals surface area contributed by atoms with Crippen molar-refractivity contribution in [2.24, 2.45) is 0 Å².